The van der Waals surface area contributed by atoms with Gasteiger partial charge in [-0.05, 0) is 6.07 Å². The average Bonchev–Trinajstić information content (AvgIpc) is 3.05. The number of hydrogen-bond acceptors (Lipinski definition) is 2. The van der Waals surface area contributed by atoms with Gasteiger partial charge in [-0.1, -0.05) is 18.2 Å². The number of halogens is 1. The number of nitrogens with one attached hydrogen (secondary N) is 1. The molecule has 1 aromatic carbocycles. The summed E-state index contributed by atoms with van der Waals surface area (Å²) in [7, 11) is 0. The fourth-order valence-electron chi connectivity index (χ4n) is 3.47. The van der Waals surface area contributed by atoms with E-state index in [1.165, 1.54) is 37.0 Å². The van der Waals surface area contributed by atoms with Gasteiger partial charge in [0.15, 0.2) is 0 Å². The zero-order valence-corrected chi connectivity index (χ0v) is 12.3. The number of rotatable bonds is 2. The predicted octanol–water partition coefficient (Wildman–Crippen LogP) is -2.21. The third-order valence-corrected chi connectivity index (χ3v) is 4.40. The average molecular weight is 294 g/mol. The van der Waals surface area contributed by atoms with Crippen LogP contribution in [0.3, 0.4) is 0 Å². The molecule has 1 N–H and O–H groups in total. The maximum Gasteiger partial charge on any atom is 0.148 e. The fraction of sp³-hybridized carbons (Fsp3) is 0.533. The van der Waals surface area contributed by atoms with Crippen molar-refractivity contribution in [3.8, 4) is 0 Å². The zero-order chi connectivity index (χ0) is 12.7. The van der Waals surface area contributed by atoms with Gasteiger partial charge in [0.1, 0.15) is 12.6 Å². The Morgan fingerprint density at radius 1 is 1.25 bits per heavy atom. The molecule has 0 bridgehead atoms. The third kappa shape index (κ3) is 2.32. The van der Waals surface area contributed by atoms with Crippen LogP contribution in [-0.4, -0.2) is 36.0 Å². The molecule has 1 saturated heterocycles. The third-order valence-electron chi connectivity index (χ3n) is 4.40. The van der Waals surface area contributed by atoms with E-state index in [-0.39, 0.29) is 18.5 Å². The van der Waals surface area contributed by atoms with Crippen molar-refractivity contribution in [1.29, 1.82) is 0 Å². The topological polar surface area (TPSA) is 31.5 Å². The van der Waals surface area contributed by atoms with Crippen molar-refractivity contribution in [2.24, 2.45) is 0 Å². The summed E-state index contributed by atoms with van der Waals surface area (Å²) in [5.41, 5.74) is 2.39. The summed E-state index contributed by atoms with van der Waals surface area (Å²) >= 11 is 0. The first-order valence-corrected chi connectivity index (χ1v) is 7.32. The summed E-state index contributed by atoms with van der Waals surface area (Å²) in [6, 6.07) is 8.43. The Morgan fingerprint density at radius 3 is 2.90 bits per heavy atom. The van der Waals surface area contributed by atoms with E-state index < -0.39 is 0 Å². The Bertz CT molecular complexity index is 592. The molecule has 5 heteroatoms. The van der Waals surface area contributed by atoms with Crippen molar-refractivity contribution in [2.75, 3.05) is 26.2 Å². The van der Waals surface area contributed by atoms with E-state index in [0.29, 0.717) is 0 Å². The molecule has 2 aliphatic heterocycles. The molecule has 3 heterocycles. The molecule has 0 saturated carbocycles. The van der Waals surface area contributed by atoms with Crippen LogP contribution in [0.1, 0.15) is 24.6 Å². The number of aromatic nitrogens is 2. The van der Waals surface area contributed by atoms with Crippen molar-refractivity contribution in [3.63, 3.8) is 0 Å². The summed E-state index contributed by atoms with van der Waals surface area (Å²) in [5.74, 6) is 0. The molecule has 20 heavy (non-hydrogen) atoms. The number of nitrogens with zero attached hydrogens (tertiary/aromatic N) is 2. The highest BCUT2D eigenvalue weighted by Crippen LogP contribution is 2.28. The number of hydrogen-bond donors (Lipinski definition) is 1. The maximum atomic E-state index is 6.05. The minimum atomic E-state index is 0. The first-order valence-electron chi connectivity index (χ1n) is 7.32. The van der Waals surface area contributed by atoms with E-state index in [4.69, 9.17) is 9.84 Å². The van der Waals surface area contributed by atoms with Gasteiger partial charge in [0.25, 0.3) is 0 Å². The van der Waals surface area contributed by atoms with Crippen LogP contribution in [0.25, 0.3) is 10.9 Å². The SMILES string of the molecule is [Cl-].c1ccc2c3n(nc2c1)CCOC3C[NH+]1CCCC1. The zero-order valence-electron chi connectivity index (χ0n) is 11.5. The highest BCUT2D eigenvalue weighted by Gasteiger charge is 2.30. The van der Waals surface area contributed by atoms with E-state index in [9.17, 15) is 0 Å². The van der Waals surface area contributed by atoms with Gasteiger partial charge in [-0.2, -0.15) is 5.10 Å². The van der Waals surface area contributed by atoms with Crippen LogP contribution in [-0.2, 0) is 11.3 Å². The first kappa shape index (κ1) is 13.9. The number of quaternary nitrogens is 1. The quantitative estimate of drug-likeness (QED) is 0.681. The summed E-state index contributed by atoms with van der Waals surface area (Å²) in [6.45, 7) is 5.36. The minimum Gasteiger partial charge on any atom is -1.00 e. The summed E-state index contributed by atoms with van der Waals surface area (Å²) in [5, 5.41) is 5.97. The molecule has 0 aliphatic carbocycles. The molecule has 0 radical (unpaired) electrons. The van der Waals surface area contributed by atoms with Crippen LogP contribution < -0.4 is 17.3 Å². The van der Waals surface area contributed by atoms with Crippen LogP contribution >= 0.6 is 0 Å². The van der Waals surface area contributed by atoms with Gasteiger partial charge < -0.3 is 22.0 Å². The van der Waals surface area contributed by atoms with E-state index >= 15 is 0 Å². The molecular weight excluding hydrogens is 274 g/mol. The Morgan fingerprint density at radius 2 is 2.05 bits per heavy atom. The van der Waals surface area contributed by atoms with Crippen molar-refractivity contribution in [2.45, 2.75) is 25.5 Å². The monoisotopic (exact) mass is 293 g/mol. The first-order chi connectivity index (χ1) is 9.42. The van der Waals surface area contributed by atoms with Crippen molar-refractivity contribution in [3.05, 3.63) is 30.0 Å². The van der Waals surface area contributed by atoms with Crippen LogP contribution in [0.5, 0.6) is 0 Å². The van der Waals surface area contributed by atoms with Gasteiger partial charge in [0.2, 0.25) is 0 Å². The van der Waals surface area contributed by atoms with Gasteiger partial charge >= 0.3 is 0 Å². The summed E-state index contributed by atoms with van der Waals surface area (Å²) < 4.78 is 8.21. The van der Waals surface area contributed by atoms with Gasteiger partial charge in [0.05, 0.1) is 37.5 Å². The van der Waals surface area contributed by atoms with E-state index in [1.54, 1.807) is 4.90 Å². The lowest BCUT2D eigenvalue weighted by Gasteiger charge is -2.26. The maximum absolute atomic E-state index is 6.05. The molecule has 1 atom stereocenters. The normalized spacial score (nSPS) is 22.7. The van der Waals surface area contributed by atoms with Crippen molar-refractivity contribution < 1.29 is 22.0 Å². The van der Waals surface area contributed by atoms with Crippen LogP contribution in [0.15, 0.2) is 24.3 Å². The molecule has 108 valence electrons. The lowest BCUT2D eigenvalue weighted by atomic mass is 10.1. The minimum absolute atomic E-state index is 0. The second-order valence-corrected chi connectivity index (χ2v) is 5.65. The number of fused-ring (bicyclic) bond motifs is 3. The second-order valence-electron chi connectivity index (χ2n) is 5.65. The highest BCUT2D eigenvalue weighted by molar-refractivity contribution is 5.81. The lowest BCUT2D eigenvalue weighted by Crippen LogP contribution is -3.10. The summed E-state index contributed by atoms with van der Waals surface area (Å²) in [6.07, 6.45) is 2.94. The van der Waals surface area contributed by atoms with E-state index in [2.05, 4.69) is 28.9 Å². The standard InChI is InChI=1S/C15H19N3O.ClH/c1-2-6-13-12(5-1)15-14(11-17-7-3-4-8-17)19-10-9-18(15)16-13;/h1-2,5-6,14H,3-4,7-11H2;1H. The smallest absolute Gasteiger partial charge is 0.148 e. The highest BCUT2D eigenvalue weighted by atomic mass is 35.5. The predicted molar refractivity (Wildman–Crippen MR) is 73.2 cm³/mol. The van der Waals surface area contributed by atoms with E-state index in [0.717, 1.165) is 25.2 Å². The summed E-state index contributed by atoms with van der Waals surface area (Å²) in [4.78, 5) is 1.68. The Balaban J connectivity index is 0.00000121. The molecule has 1 unspecified atom stereocenters. The number of likely N-dealkylation sites (tertiary alicyclic amines) is 1. The fourth-order valence-corrected chi connectivity index (χ4v) is 3.47. The van der Waals surface area contributed by atoms with Crippen LogP contribution in [0, 0.1) is 0 Å². The van der Waals surface area contributed by atoms with Gasteiger partial charge in [0, 0.05) is 18.2 Å². The van der Waals surface area contributed by atoms with Gasteiger partial charge in [-0.15, -0.1) is 0 Å². The molecule has 0 amide bonds. The molecule has 1 aromatic heterocycles. The van der Waals surface area contributed by atoms with Gasteiger partial charge in [-0.25, -0.2) is 0 Å². The van der Waals surface area contributed by atoms with E-state index in [1.807, 2.05) is 0 Å². The molecule has 1 fully saturated rings. The second kappa shape index (κ2) is 5.72. The van der Waals surface area contributed by atoms with Gasteiger partial charge in [-0.3, -0.25) is 4.68 Å². The Labute approximate surface area is 125 Å². The Hall–Kier alpha value is -1.10. The molecule has 2 aromatic rings. The largest absolute Gasteiger partial charge is 1.00 e. The number of ether oxygens (including phenoxy) is 1. The Kier molecular flexibility index (Phi) is 3.96. The van der Waals surface area contributed by atoms with Crippen molar-refractivity contribution in [1.82, 2.24) is 9.78 Å². The molecule has 4 nitrogen and oxygen atoms in total. The van der Waals surface area contributed by atoms with Crippen LogP contribution in [0.2, 0.25) is 0 Å². The lowest BCUT2D eigenvalue weighted by molar-refractivity contribution is -0.891. The molecule has 0 spiro atoms. The van der Waals surface area contributed by atoms with Crippen molar-refractivity contribution >= 4 is 10.9 Å². The molecular formula is C15H20ClN3O. The molecule has 2 aliphatic rings. The molecule has 4 rings (SSSR count). The number of benzene rings is 1. The van der Waals surface area contributed by atoms with Crippen LogP contribution in [0.4, 0.5) is 0 Å².